The average Bonchev–Trinajstić information content (AvgIpc) is 2.39. The topological polar surface area (TPSA) is 21.6 Å². The first-order valence-electron chi connectivity index (χ1n) is 7.41. The van der Waals surface area contributed by atoms with Crippen LogP contribution >= 0.6 is 0 Å². The lowest BCUT2D eigenvalue weighted by Gasteiger charge is -2.35. The van der Waals surface area contributed by atoms with Crippen molar-refractivity contribution in [1.82, 2.24) is 0 Å². The van der Waals surface area contributed by atoms with Crippen LogP contribution in [0.3, 0.4) is 0 Å². The molecule has 0 amide bonds. The molecule has 0 unspecified atom stereocenters. The lowest BCUT2D eigenvalue weighted by atomic mass is 9.75. The largest absolute Gasteiger partial charge is 0.392 e. The molecule has 104 valence electrons. The third-order valence-electron chi connectivity index (χ3n) is 4.16. The van der Waals surface area contributed by atoms with Gasteiger partial charge < -0.3 is 4.84 Å². The highest BCUT2D eigenvalue weighted by atomic mass is 16.6. The number of oxime groups is 1. The van der Waals surface area contributed by atoms with Gasteiger partial charge in [-0.3, -0.25) is 0 Å². The second-order valence-electron chi connectivity index (χ2n) is 6.12. The third kappa shape index (κ3) is 4.09. The SMILES string of the molecule is CC(C)[C@@H]1CC[C@@H](C)C[C@H]1O/N=C/c1ccccc1. The minimum Gasteiger partial charge on any atom is -0.392 e. The van der Waals surface area contributed by atoms with Crippen LogP contribution in [-0.2, 0) is 4.84 Å². The van der Waals surface area contributed by atoms with Gasteiger partial charge in [0.05, 0.1) is 6.21 Å². The standard InChI is InChI=1S/C17H25NO/c1-13(2)16-10-9-14(3)11-17(16)19-18-12-15-7-5-4-6-8-15/h4-8,12-14,16-17H,9-11H2,1-3H3/b18-12+/t14-,16+,17-/m1/s1. The van der Waals surface area contributed by atoms with Gasteiger partial charge in [0.15, 0.2) is 0 Å². The van der Waals surface area contributed by atoms with Crippen LogP contribution in [-0.4, -0.2) is 12.3 Å². The van der Waals surface area contributed by atoms with Crippen molar-refractivity contribution in [3.63, 3.8) is 0 Å². The quantitative estimate of drug-likeness (QED) is 0.576. The second-order valence-corrected chi connectivity index (χ2v) is 6.12. The molecule has 0 saturated heterocycles. The summed E-state index contributed by atoms with van der Waals surface area (Å²) in [6.07, 6.45) is 5.82. The van der Waals surface area contributed by atoms with Crippen LogP contribution in [0.1, 0.15) is 45.6 Å². The van der Waals surface area contributed by atoms with E-state index in [9.17, 15) is 0 Å². The van der Waals surface area contributed by atoms with Gasteiger partial charge in [-0.2, -0.15) is 0 Å². The van der Waals surface area contributed by atoms with Crippen molar-refractivity contribution in [3.8, 4) is 0 Å². The van der Waals surface area contributed by atoms with Gasteiger partial charge in [0, 0.05) is 5.92 Å². The van der Waals surface area contributed by atoms with Gasteiger partial charge in [-0.1, -0.05) is 62.7 Å². The second kappa shape index (κ2) is 6.74. The van der Waals surface area contributed by atoms with Crippen LogP contribution in [0.25, 0.3) is 0 Å². The summed E-state index contributed by atoms with van der Waals surface area (Å²) in [4.78, 5) is 5.80. The van der Waals surface area contributed by atoms with E-state index in [1.54, 1.807) is 0 Å². The van der Waals surface area contributed by atoms with Gasteiger partial charge in [-0.05, 0) is 30.2 Å². The van der Waals surface area contributed by atoms with Crippen molar-refractivity contribution < 1.29 is 4.84 Å². The minimum absolute atomic E-state index is 0.281. The predicted octanol–water partition coefficient (Wildman–Crippen LogP) is 4.50. The Balaban J connectivity index is 1.94. The van der Waals surface area contributed by atoms with Crippen LogP contribution in [0.4, 0.5) is 0 Å². The summed E-state index contributed by atoms with van der Waals surface area (Å²) in [5.41, 5.74) is 1.09. The smallest absolute Gasteiger partial charge is 0.130 e. The maximum absolute atomic E-state index is 5.80. The maximum atomic E-state index is 5.80. The summed E-state index contributed by atoms with van der Waals surface area (Å²) in [6, 6.07) is 10.1. The number of benzene rings is 1. The van der Waals surface area contributed by atoms with Gasteiger partial charge in [-0.15, -0.1) is 0 Å². The molecule has 19 heavy (non-hydrogen) atoms. The van der Waals surface area contributed by atoms with Crippen LogP contribution in [0.15, 0.2) is 35.5 Å². The monoisotopic (exact) mass is 259 g/mol. The molecule has 1 aliphatic carbocycles. The van der Waals surface area contributed by atoms with E-state index in [2.05, 4.69) is 25.9 Å². The first-order valence-corrected chi connectivity index (χ1v) is 7.41. The van der Waals surface area contributed by atoms with Crippen LogP contribution in [0, 0.1) is 17.8 Å². The van der Waals surface area contributed by atoms with Gasteiger partial charge in [0.25, 0.3) is 0 Å². The van der Waals surface area contributed by atoms with Crippen molar-refractivity contribution in [1.29, 1.82) is 0 Å². The molecule has 1 aliphatic rings. The summed E-state index contributed by atoms with van der Waals surface area (Å²) in [5.74, 6) is 2.07. The number of hydrogen-bond donors (Lipinski definition) is 0. The summed E-state index contributed by atoms with van der Waals surface area (Å²) >= 11 is 0. The first kappa shape index (κ1) is 14.1. The third-order valence-corrected chi connectivity index (χ3v) is 4.16. The van der Waals surface area contributed by atoms with Crippen molar-refractivity contribution in [2.45, 2.75) is 46.1 Å². The molecule has 0 radical (unpaired) electrons. The summed E-state index contributed by atoms with van der Waals surface area (Å²) in [5, 5.41) is 4.21. The molecule has 1 saturated carbocycles. The Morgan fingerprint density at radius 3 is 2.63 bits per heavy atom. The average molecular weight is 259 g/mol. The highest BCUT2D eigenvalue weighted by Crippen LogP contribution is 2.35. The van der Waals surface area contributed by atoms with E-state index < -0.39 is 0 Å². The zero-order valence-electron chi connectivity index (χ0n) is 12.3. The maximum Gasteiger partial charge on any atom is 0.130 e. The molecule has 2 heteroatoms. The molecular weight excluding hydrogens is 234 g/mol. The Hall–Kier alpha value is -1.31. The fraction of sp³-hybridized carbons (Fsp3) is 0.588. The molecule has 0 heterocycles. The summed E-state index contributed by atoms with van der Waals surface area (Å²) in [7, 11) is 0. The lowest BCUT2D eigenvalue weighted by molar-refractivity contribution is -0.0354. The molecule has 0 aromatic heterocycles. The molecule has 0 spiro atoms. The van der Waals surface area contributed by atoms with Crippen molar-refractivity contribution in [2.75, 3.05) is 0 Å². The van der Waals surface area contributed by atoms with Gasteiger partial charge in [-0.25, -0.2) is 0 Å². The van der Waals surface area contributed by atoms with Crippen molar-refractivity contribution >= 4 is 6.21 Å². The van der Waals surface area contributed by atoms with Crippen molar-refractivity contribution in [3.05, 3.63) is 35.9 Å². The van der Waals surface area contributed by atoms with E-state index in [0.717, 1.165) is 17.9 Å². The molecule has 2 rings (SSSR count). The fourth-order valence-corrected chi connectivity index (χ4v) is 2.94. The van der Waals surface area contributed by atoms with Crippen LogP contribution in [0.5, 0.6) is 0 Å². The Bertz CT molecular complexity index is 399. The summed E-state index contributed by atoms with van der Waals surface area (Å²) < 4.78 is 0. The first-order chi connectivity index (χ1) is 9.16. The molecule has 1 fully saturated rings. The van der Waals surface area contributed by atoms with Gasteiger partial charge in [0.1, 0.15) is 6.10 Å². The molecule has 2 nitrogen and oxygen atoms in total. The van der Waals surface area contributed by atoms with E-state index in [1.165, 1.54) is 12.8 Å². The predicted molar refractivity (Wildman–Crippen MR) is 80.3 cm³/mol. The Morgan fingerprint density at radius 1 is 1.21 bits per heavy atom. The molecule has 3 atom stereocenters. The zero-order valence-corrected chi connectivity index (χ0v) is 12.3. The van der Waals surface area contributed by atoms with Gasteiger partial charge in [0.2, 0.25) is 0 Å². The highest BCUT2D eigenvalue weighted by molar-refractivity contribution is 5.78. The Morgan fingerprint density at radius 2 is 1.95 bits per heavy atom. The molecule has 0 bridgehead atoms. The molecule has 1 aromatic rings. The molecule has 1 aromatic carbocycles. The number of hydrogen-bond acceptors (Lipinski definition) is 2. The van der Waals surface area contributed by atoms with E-state index in [4.69, 9.17) is 4.84 Å². The number of rotatable bonds is 4. The fourth-order valence-electron chi connectivity index (χ4n) is 2.94. The van der Waals surface area contributed by atoms with E-state index in [-0.39, 0.29) is 6.10 Å². The van der Waals surface area contributed by atoms with E-state index >= 15 is 0 Å². The van der Waals surface area contributed by atoms with E-state index in [0.29, 0.717) is 11.8 Å². The Kier molecular flexibility index (Phi) is 5.00. The molecule has 0 N–H and O–H groups in total. The molecule has 0 aliphatic heterocycles. The van der Waals surface area contributed by atoms with Crippen LogP contribution in [0.2, 0.25) is 0 Å². The number of nitrogens with zero attached hydrogens (tertiary/aromatic N) is 1. The Labute approximate surface area is 116 Å². The summed E-state index contributed by atoms with van der Waals surface area (Å²) in [6.45, 7) is 6.89. The highest BCUT2D eigenvalue weighted by Gasteiger charge is 2.32. The zero-order chi connectivity index (χ0) is 13.7. The van der Waals surface area contributed by atoms with Crippen molar-refractivity contribution in [2.24, 2.45) is 22.9 Å². The minimum atomic E-state index is 0.281. The normalized spacial score (nSPS) is 27.9. The van der Waals surface area contributed by atoms with E-state index in [1.807, 2.05) is 36.5 Å². The lowest BCUT2D eigenvalue weighted by Crippen LogP contribution is -2.33. The van der Waals surface area contributed by atoms with Gasteiger partial charge >= 0.3 is 0 Å². The van der Waals surface area contributed by atoms with Crippen LogP contribution < -0.4 is 0 Å². The molecular formula is C17H25NO.